The predicted molar refractivity (Wildman–Crippen MR) is 165 cm³/mol. The minimum absolute atomic E-state index is 0.0565. The van der Waals surface area contributed by atoms with E-state index in [0.29, 0.717) is 11.3 Å². The number of carbonyl (C=O) groups is 2. The molecule has 7 nitrogen and oxygen atoms in total. The van der Waals surface area contributed by atoms with Crippen LogP contribution in [0.25, 0.3) is 0 Å². The van der Waals surface area contributed by atoms with Gasteiger partial charge in [-0.3, -0.25) is 13.9 Å². The number of carbonyl (C=O) groups excluding carboxylic acids is 2. The highest BCUT2D eigenvalue weighted by atomic mass is 32.2. The Morgan fingerprint density at radius 1 is 0.930 bits per heavy atom. The van der Waals surface area contributed by atoms with Crippen LogP contribution in [0.15, 0.2) is 48.5 Å². The number of benzene rings is 2. The molecule has 0 radical (unpaired) electrons. The Bertz CT molecular complexity index is 1400. The minimum Gasteiger partial charge on any atom is -0.352 e. The number of nitrogens with one attached hydrogen (secondary N) is 1. The first kappa shape index (κ1) is 30.1. The maximum Gasteiger partial charge on any atom is 0.244 e. The van der Waals surface area contributed by atoms with Gasteiger partial charge in [0.25, 0.3) is 0 Å². The lowest BCUT2D eigenvalue weighted by Gasteiger charge is -2.57. The summed E-state index contributed by atoms with van der Waals surface area (Å²) in [4.78, 5) is 28.5. The summed E-state index contributed by atoms with van der Waals surface area (Å²) in [6.07, 6.45) is 12.7. The number of hydrogen-bond donors (Lipinski definition) is 1. The zero-order chi connectivity index (χ0) is 30.4. The highest BCUT2D eigenvalue weighted by Crippen LogP contribution is 2.60. The molecule has 5 aliphatic carbocycles. The predicted octanol–water partition coefficient (Wildman–Crippen LogP) is 5.54. The molecule has 2 aromatic rings. The highest BCUT2D eigenvalue weighted by Gasteiger charge is 2.51. The Balaban J connectivity index is 1.22. The molecule has 5 aliphatic rings. The van der Waals surface area contributed by atoms with Gasteiger partial charge in [-0.1, -0.05) is 37.1 Å². The van der Waals surface area contributed by atoms with Crippen molar-refractivity contribution in [3.63, 3.8) is 0 Å². The number of anilines is 1. The van der Waals surface area contributed by atoms with Gasteiger partial charge in [-0.05, 0) is 117 Å². The second kappa shape index (κ2) is 11.9. The van der Waals surface area contributed by atoms with E-state index in [2.05, 4.69) is 17.4 Å². The van der Waals surface area contributed by atoms with Crippen LogP contribution in [0, 0.1) is 23.6 Å². The summed E-state index contributed by atoms with van der Waals surface area (Å²) >= 11 is 0. The van der Waals surface area contributed by atoms with Gasteiger partial charge in [-0.25, -0.2) is 12.8 Å². The second-order valence-electron chi connectivity index (χ2n) is 13.8. The maximum atomic E-state index is 13.9. The molecule has 1 N–H and O–H groups in total. The zero-order valence-electron chi connectivity index (χ0n) is 25.3. The first-order chi connectivity index (χ1) is 20.5. The molecule has 0 heterocycles. The summed E-state index contributed by atoms with van der Waals surface area (Å²) in [5, 5.41) is 3.06. The van der Waals surface area contributed by atoms with E-state index in [-0.39, 0.29) is 23.9 Å². The van der Waals surface area contributed by atoms with Crippen molar-refractivity contribution in [3.05, 3.63) is 65.5 Å². The van der Waals surface area contributed by atoms with Crippen molar-refractivity contribution in [1.82, 2.24) is 10.2 Å². The number of sulfonamides is 1. The van der Waals surface area contributed by atoms with Crippen LogP contribution in [0.1, 0.15) is 82.3 Å². The topological polar surface area (TPSA) is 86.8 Å². The molecule has 0 spiro atoms. The van der Waals surface area contributed by atoms with Gasteiger partial charge in [-0.2, -0.15) is 0 Å². The Kier molecular flexibility index (Phi) is 8.31. The lowest BCUT2D eigenvalue weighted by atomic mass is 9.48. The summed E-state index contributed by atoms with van der Waals surface area (Å²) < 4.78 is 40.9. The average molecular weight is 610 g/mol. The SMILES string of the molecule is CC(C(=O)NC1CCCC1)N(Cc1ccc(F)cc1)C(=O)CN(c1ccc(C23CC4CC(CC(C4)C2)C3)cc1)S(C)(=O)=O. The van der Waals surface area contributed by atoms with E-state index < -0.39 is 34.3 Å². The van der Waals surface area contributed by atoms with E-state index in [1.165, 1.54) is 61.1 Å². The van der Waals surface area contributed by atoms with Crippen LogP contribution >= 0.6 is 0 Å². The van der Waals surface area contributed by atoms with Crippen molar-refractivity contribution in [2.24, 2.45) is 17.8 Å². The molecular formula is C34H44FN3O4S. The Labute approximate surface area is 255 Å². The van der Waals surface area contributed by atoms with E-state index in [1.807, 2.05) is 12.1 Å². The fraction of sp³-hybridized carbons (Fsp3) is 0.588. The number of rotatable bonds is 10. The normalized spacial score (nSPS) is 27.2. The molecule has 0 aromatic heterocycles. The van der Waals surface area contributed by atoms with Gasteiger partial charge in [0, 0.05) is 12.6 Å². The summed E-state index contributed by atoms with van der Waals surface area (Å²) in [6, 6.07) is 12.8. The smallest absolute Gasteiger partial charge is 0.244 e. The van der Waals surface area contributed by atoms with Crippen LogP contribution < -0.4 is 9.62 Å². The molecule has 5 saturated carbocycles. The summed E-state index contributed by atoms with van der Waals surface area (Å²) in [6.45, 7) is 1.29. The number of halogens is 1. The Morgan fingerprint density at radius 2 is 1.49 bits per heavy atom. The van der Waals surface area contributed by atoms with Gasteiger partial charge in [0.15, 0.2) is 0 Å². The van der Waals surface area contributed by atoms with E-state index in [0.717, 1.165) is 54.0 Å². The van der Waals surface area contributed by atoms with Gasteiger partial charge in [-0.15, -0.1) is 0 Å². The first-order valence-corrected chi connectivity index (χ1v) is 17.8. The number of amides is 2. The van der Waals surface area contributed by atoms with Crippen LogP contribution in [0.4, 0.5) is 10.1 Å². The van der Waals surface area contributed by atoms with Crippen LogP contribution in [-0.4, -0.2) is 50.0 Å². The van der Waals surface area contributed by atoms with E-state index in [9.17, 15) is 22.4 Å². The molecule has 5 fully saturated rings. The van der Waals surface area contributed by atoms with Crippen molar-refractivity contribution in [3.8, 4) is 0 Å². The first-order valence-electron chi connectivity index (χ1n) is 15.9. The fourth-order valence-electron chi connectivity index (χ4n) is 8.82. The van der Waals surface area contributed by atoms with E-state index >= 15 is 0 Å². The molecule has 1 atom stereocenters. The minimum atomic E-state index is -3.81. The third-order valence-electron chi connectivity index (χ3n) is 10.6. The summed E-state index contributed by atoms with van der Waals surface area (Å²) in [7, 11) is -3.81. The van der Waals surface area contributed by atoms with Gasteiger partial charge < -0.3 is 10.2 Å². The molecule has 1 unspecified atom stereocenters. The molecule has 9 heteroatoms. The second-order valence-corrected chi connectivity index (χ2v) is 15.7. The van der Waals surface area contributed by atoms with Gasteiger partial charge in [0.05, 0.1) is 11.9 Å². The largest absolute Gasteiger partial charge is 0.352 e. The van der Waals surface area contributed by atoms with Crippen molar-refractivity contribution in [2.45, 2.75) is 95.2 Å². The van der Waals surface area contributed by atoms with Gasteiger partial charge in [0.1, 0.15) is 18.4 Å². The Hall–Kier alpha value is -2.94. The quantitative estimate of drug-likeness (QED) is 0.384. The van der Waals surface area contributed by atoms with Crippen LogP contribution in [0.2, 0.25) is 0 Å². The molecule has 0 saturated heterocycles. The zero-order valence-corrected chi connectivity index (χ0v) is 26.1. The van der Waals surface area contributed by atoms with Crippen molar-refractivity contribution >= 4 is 27.5 Å². The molecule has 43 heavy (non-hydrogen) atoms. The van der Waals surface area contributed by atoms with E-state index in [4.69, 9.17) is 0 Å². The van der Waals surface area contributed by atoms with Crippen LogP contribution in [0.5, 0.6) is 0 Å². The van der Waals surface area contributed by atoms with Crippen LogP contribution in [-0.2, 0) is 31.6 Å². The van der Waals surface area contributed by atoms with Crippen molar-refractivity contribution in [2.75, 3.05) is 17.1 Å². The summed E-state index contributed by atoms with van der Waals surface area (Å²) in [5.41, 5.74) is 2.56. The third kappa shape index (κ3) is 6.47. The molecule has 2 aromatic carbocycles. The molecule has 2 amide bonds. The van der Waals surface area contributed by atoms with Crippen molar-refractivity contribution < 1.29 is 22.4 Å². The third-order valence-corrected chi connectivity index (χ3v) is 11.8. The molecule has 4 bridgehead atoms. The Morgan fingerprint density at radius 3 is 2.02 bits per heavy atom. The maximum absolute atomic E-state index is 13.9. The monoisotopic (exact) mass is 609 g/mol. The van der Waals surface area contributed by atoms with Gasteiger partial charge in [0.2, 0.25) is 21.8 Å². The number of hydrogen-bond acceptors (Lipinski definition) is 4. The molecule has 232 valence electrons. The highest BCUT2D eigenvalue weighted by molar-refractivity contribution is 7.92. The van der Waals surface area contributed by atoms with E-state index in [1.54, 1.807) is 19.1 Å². The van der Waals surface area contributed by atoms with Crippen LogP contribution in [0.3, 0.4) is 0 Å². The molecule has 7 rings (SSSR count). The van der Waals surface area contributed by atoms with Gasteiger partial charge >= 0.3 is 0 Å². The standard InChI is InChI=1S/C34H44FN3O4S/c1-23(33(40)36-30-5-3-4-6-30)37(21-24-7-11-29(35)12-8-24)32(39)22-38(43(2,41)42)31-13-9-28(10-14-31)34-18-25-15-26(19-34)17-27(16-25)20-34/h7-14,23,25-27,30H,3-6,15-22H2,1-2H3,(H,36,40). The fourth-order valence-corrected chi connectivity index (χ4v) is 9.67. The average Bonchev–Trinajstić information content (AvgIpc) is 3.47. The lowest BCUT2D eigenvalue weighted by molar-refractivity contribution is -0.139. The summed E-state index contributed by atoms with van der Waals surface area (Å²) in [5.74, 6) is 1.25. The molecular weight excluding hydrogens is 565 g/mol. The van der Waals surface area contributed by atoms with Crippen molar-refractivity contribution in [1.29, 1.82) is 0 Å². The number of nitrogens with zero attached hydrogens (tertiary/aromatic N) is 2. The molecule has 0 aliphatic heterocycles. The lowest BCUT2D eigenvalue weighted by Crippen LogP contribution is -2.52.